The lowest BCUT2D eigenvalue weighted by Crippen LogP contribution is -2.40. The maximum Gasteiger partial charge on any atom is 0.343 e. The van der Waals surface area contributed by atoms with Crippen molar-refractivity contribution in [1.82, 2.24) is 4.57 Å². The van der Waals surface area contributed by atoms with Gasteiger partial charge in [-0.3, -0.25) is 9.36 Å². The van der Waals surface area contributed by atoms with Gasteiger partial charge in [0, 0.05) is 0 Å². The summed E-state index contributed by atoms with van der Waals surface area (Å²) in [7, 11) is 0. The molecule has 1 aliphatic rings. The van der Waals surface area contributed by atoms with E-state index in [1.165, 1.54) is 16.9 Å². The van der Waals surface area contributed by atoms with Crippen molar-refractivity contribution in [2.24, 2.45) is 4.99 Å². The molecule has 0 bridgehead atoms. The number of carbonyl (C=O) groups is 1. The summed E-state index contributed by atoms with van der Waals surface area (Å²) in [5, 5.41) is 0. The van der Waals surface area contributed by atoms with Crippen LogP contribution in [-0.2, 0) is 10.2 Å². The van der Waals surface area contributed by atoms with Gasteiger partial charge < -0.3 is 18.9 Å². The minimum absolute atomic E-state index is 0.0794. The van der Waals surface area contributed by atoms with Crippen LogP contribution in [0.3, 0.4) is 0 Å². The molecule has 4 aromatic carbocycles. The summed E-state index contributed by atoms with van der Waals surface area (Å²) < 4.78 is 25.7. The highest BCUT2D eigenvalue weighted by molar-refractivity contribution is 7.07. The Bertz CT molecular complexity index is 2180. The van der Waals surface area contributed by atoms with E-state index in [2.05, 4.69) is 32.9 Å². The predicted octanol–water partition coefficient (Wildman–Crippen LogP) is 6.99. The fraction of sp³-hybridized carbons (Fsp3) is 0.244. The van der Waals surface area contributed by atoms with E-state index in [0.717, 1.165) is 16.9 Å². The van der Waals surface area contributed by atoms with Crippen LogP contribution in [0.4, 0.5) is 0 Å². The number of rotatable bonds is 11. The van der Waals surface area contributed by atoms with Gasteiger partial charge in [0.2, 0.25) is 0 Å². The molecule has 1 atom stereocenters. The van der Waals surface area contributed by atoms with Crippen LogP contribution in [0, 0.1) is 0 Å². The molecule has 0 unspecified atom stereocenters. The van der Waals surface area contributed by atoms with Gasteiger partial charge in [0.25, 0.3) is 5.56 Å². The normalized spacial score (nSPS) is 14.5. The van der Waals surface area contributed by atoms with Gasteiger partial charge in [0.15, 0.2) is 16.3 Å². The third-order valence-corrected chi connectivity index (χ3v) is 9.19. The van der Waals surface area contributed by atoms with Gasteiger partial charge >= 0.3 is 5.97 Å². The van der Waals surface area contributed by atoms with Crippen LogP contribution in [0.15, 0.2) is 124 Å². The van der Waals surface area contributed by atoms with Gasteiger partial charge in [-0.15, -0.1) is 0 Å². The maximum atomic E-state index is 14.1. The average molecular weight is 689 g/mol. The van der Waals surface area contributed by atoms with Crippen molar-refractivity contribution in [2.75, 3.05) is 19.8 Å². The van der Waals surface area contributed by atoms with Crippen molar-refractivity contribution < 1.29 is 23.7 Å². The molecule has 50 heavy (non-hydrogen) atoms. The molecule has 0 saturated carbocycles. The van der Waals surface area contributed by atoms with Gasteiger partial charge in [-0.2, -0.15) is 0 Å². The number of aromatic nitrogens is 1. The van der Waals surface area contributed by atoms with Crippen LogP contribution in [0.2, 0.25) is 0 Å². The molecule has 0 spiro atoms. The topological polar surface area (TPSA) is 88.4 Å². The Hall–Kier alpha value is -5.41. The highest BCUT2D eigenvalue weighted by Gasteiger charge is 2.33. The van der Waals surface area contributed by atoms with Crippen molar-refractivity contribution >= 4 is 23.4 Å². The number of esters is 1. The number of carbonyl (C=O) groups excluding carboxylic acids is 1. The van der Waals surface area contributed by atoms with Gasteiger partial charge in [0.1, 0.15) is 24.7 Å². The van der Waals surface area contributed by atoms with Gasteiger partial charge in [0.05, 0.1) is 28.5 Å². The SMILES string of the molecule is CCOc1cc(/C=c2/sc3n(c2=O)[C@@H](c2ccccc2)C(C(=O)Oc2ccccc2)=C(C)N=3)ccc1OCCOc1ccc(C(C)(C)C)cc1. The molecule has 0 N–H and O–H groups in total. The third kappa shape index (κ3) is 7.74. The molecule has 2 heterocycles. The monoisotopic (exact) mass is 688 g/mol. The molecule has 1 aromatic heterocycles. The first-order valence-corrected chi connectivity index (χ1v) is 17.4. The Morgan fingerprint density at radius 2 is 1.52 bits per heavy atom. The number of para-hydroxylation sites is 1. The third-order valence-electron chi connectivity index (χ3n) is 8.21. The Kier molecular flexibility index (Phi) is 10.3. The van der Waals surface area contributed by atoms with Gasteiger partial charge in [-0.05, 0) is 78.4 Å². The summed E-state index contributed by atoms with van der Waals surface area (Å²) in [6.07, 6.45) is 1.81. The fourth-order valence-corrected chi connectivity index (χ4v) is 6.75. The largest absolute Gasteiger partial charge is 0.490 e. The van der Waals surface area contributed by atoms with E-state index >= 15 is 0 Å². The molecular formula is C41H40N2O6S. The van der Waals surface area contributed by atoms with E-state index < -0.39 is 12.0 Å². The van der Waals surface area contributed by atoms with Crippen molar-refractivity contribution in [3.05, 3.63) is 151 Å². The Balaban J connectivity index is 1.25. The molecule has 0 saturated heterocycles. The summed E-state index contributed by atoms with van der Waals surface area (Å²) in [4.78, 5) is 33.0. The highest BCUT2D eigenvalue weighted by atomic mass is 32.1. The molecule has 0 aliphatic carbocycles. The van der Waals surface area contributed by atoms with Crippen LogP contribution >= 0.6 is 11.3 Å². The average Bonchev–Trinajstić information content (AvgIpc) is 3.41. The van der Waals surface area contributed by atoms with Crippen LogP contribution in [0.1, 0.15) is 57.4 Å². The standard InChI is InChI=1S/C41H40N2O6S/c1-6-46-34-25-28(17-22-33(34)48-24-23-47-31-20-18-30(19-21-31)41(3,4)5)26-35-38(44)43-37(29-13-9-7-10-14-29)36(27(2)42-40(43)50-35)39(45)49-32-15-11-8-12-16-32/h7-22,25-26,37H,6,23-24H2,1-5H3/b35-26+/t37-/m0/s1. The van der Waals surface area contributed by atoms with Crippen molar-refractivity contribution in [3.63, 3.8) is 0 Å². The number of ether oxygens (including phenoxy) is 4. The summed E-state index contributed by atoms with van der Waals surface area (Å²) in [6.45, 7) is 11.4. The molecular weight excluding hydrogens is 649 g/mol. The van der Waals surface area contributed by atoms with Crippen molar-refractivity contribution in [2.45, 2.75) is 46.1 Å². The number of fused-ring (bicyclic) bond motifs is 1. The quantitative estimate of drug-likeness (QED) is 0.0845. The van der Waals surface area contributed by atoms with Gasteiger partial charge in [-0.1, -0.05) is 98.8 Å². The summed E-state index contributed by atoms with van der Waals surface area (Å²) in [6, 6.07) is 31.3. The molecule has 6 rings (SSSR count). The highest BCUT2D eigenvalue weighted by Crippen LogP contribution is 2.32. The second kappa shape index (κ2) is 15.0. The van der Waals surface area contributed by atoms with Crippen LogP contribution < -0.4 is 33.8 Å². The minimum Gasteiger partial charge on any atom is -0.490 e. The number of allylic oxidation sites excluding steroid dienone is 1. The molecule has 0 radical (unpaired) electrons. The van der Waals surface area contributed by atoms with Crippen LogP contribution in [0.25, 0.3) is 6.08 Å². The van der Waals surface area contributed by atoms with Crippen molar-refractivity contribution in [1.29, 1.82) is 0 Å². The minimum atomic E-state index is -0.709. The first kappa shape index (κ1) is 34.5. The Morgan fingerprint density at radius 3 is 2.20 bits per heavy atom. The molecule has 8 nitrogen and oxygen atoms in total. The zero-order chi connectivity index (χ0) is 35.3. The smallest absolute Gasteiger partial charge is 0.343 e. The number of thiazole rings is 1. The predicted molar refractivity (Wildman–Crippen MR) is 196 cm³/mol. The van der Waals surface area contributed by atoms with Gasteiger partial charge in [-0.25, -0.2) is 9.79 Å². The first-order chi connectivity index (χ1) is 24.1. The van der Waals surface area contributed by atoms with Crippen LogP contribution in [0.5, 0.6) is 23.0 Å². The summed E-state index contributed by atoms with van der Waals surface area (Å²) in [5.74, 6) is 1.79. The zero-order valence-corrected chi connectivity index (χ0v) is 29.7. The first-order valence-electron chi connectivity index (χ1n) is 16.6. The van der Waals surface area contributed by atoms with E-state index in [4.69, 9.17) is 23.9 Å². The van der Waals surface area contributed by atoms with E-state index in [1.54, 1.807) is 35.8 Å². The zero-order valence-electron chi connectivity index (χ0n) is 28.8. The maximum absolute atomic E-state index is 14.1. The molecule has 1 aliphatic heterocycles. The lowest BCUT2D eigenvalue weighted by atomic mass is 9.87. The molecule has 256 valence electrons. The molecule has 5 aromatic rings. The molecule has 0 amide bonds. The summed E-state index contributed by atoms with van der Waals surface area (Å²) in [5.41, 5.74) is 3.42. The Labute approximate surface area is 295 Å². The van der Waals surface area contributed by atoms with Crippen LogP contribution in [-0.4, -0.2) is 30.4 Å². The number of hydrogen-bond acceptors (Lipinski definition) is 8. The van der Waals surface area contributed by atoms with E-state index in [-0.39, 0.29) is 11.0 Å². The van der Waals surface area contributed by atoms with E-state index in [0.29, 0.717) is 57.7 Å². The van der Waals surface area contributed by atoms with Crippen molar-refractivity contribution in [3.8, 4) is 23.0 Å². The second-order valence-corrected chi connectivity index (χ2v) is 13.8. The molecule has 9 heteroatoms. The lowest BCUT2D eigenvalue weighted by Gasteiger charge is -2.24. The summed E-state index contributed by atoms with van der Waals surface area (Å²) >= 11 is 1.27. The number of nitrogens with zero attached hydrogens (tertiary/aromatic N) is 2. The fourth-order valence-electron chi connectivity index (χ4n) is 5.70. The van der Waals surface area contributed by atoms with E-state index in [1.807, 2.05) is 79.7 Å². The number of benzene rings is 4. The lowest BCUT2D eigenvalue weighted by molar-refractivity contribution is -0.130. The molecule has 0 fully saturated rings. The number of hydrogen-bond donors (Lipinski definition) is 0. The Morgan fingerprint density at radius 1 is 0.840 bits per heavy atom. The second-order valence-electron chi connectivity index (χ2n) is 12.8. The van der Waals surface area contributed by atoms with E-state index in [9.17, 15) is 9.59 Å².